The normalized spacial score (nSPS) is 11.9. The third kappa shape index (κ3) is 4.54. The van der Waals surface area contributed by atoms with Crippen LogP contribution in [0.3, 0.4) is 0 Å². The summed E-state index contributed by atoms with van der Waals surface area (Å²) in [7, 11) is 0. The van der Waals surface area contributed by atoms with Gasteiger partial charge in [-0.3, -0.25) is 0 Å². The highest BCUT2D eigenvalue weighted by Gasteiger charge is 2.21. The van der Waals surface area contributed by atoms with Crippen LogP contribution >= 0.6 is 11.8 Å². The molecule has 1 aromatic carbocycles. The molecule has 11 heteroatoms. The van der Waals surface area contributed by atoms with Crippen molar-refractivity contribution in [3.63, 3.8) is 0 Å². The molecule has 0 spiro atoms. The summed E-state index contributed by atoms with van der Waals surface area (Å²) in [5.74, 6) is 7.96. The number of thioether (sulfide) groups is 1. The maximum absolute atomic E-state index is 12.2. The lowest BCUT2D eigenvalue weighted by Crippen LogP contribution is -2.13. The van der Waals surface area contributed by atoms with Crippen LogP contribution in [0, 0.1) is 0 Å². The average molecular weight is 396 g/mol. The SMILES string of the molecule is CC(C)(C)c1noc(CSc2nnc(-c3ccc(OC(F)F)cc3)n2N)n1. The number of nitrogens with two attached hydrogens (primary N) is 1. The second kappa shape index (κ2) is 7.51. The third-order valence-electron chi connectivity index (χ3n) is 3.47. The molecule has 0 saturated heterocycles. The smallest absolute Gasteiger partial charge is 0.387 e. The van der Waals surface area contributed by atoms with Gasteiger partial charge in [0.25, 0.3) is 0 Å². The molecule has 0 atom stereocenters. The first kappa shape index (κ1) is 19.1. The molecule has 0 aliphatic carbocycles. The minimum absolute atomic E-state index is 0.0532. The highest BCUT2D eigenvalue weighted by Crippen LogP contribution is 2.26. The molecule has 0 radical (unpaired) electrons. The number of aromatic nitrogens is 5. The van der Waals surface area contributed by atoms with Gasteiger partial charge in [-0.15, -0.1) is 10.2 Å². The number of alkyl halides is 2. The summed E-state index contributed by atoms with van der Waals surface area (Å²) in [5.41, 5.74) is 0.416. The Balaban J connectivity index is 1.69. The number of nitrogen functional groups attached to an aromatic ring is 1. The molecule has 3 rings (SSSR count). The van der Waals surface area contributed by atoms with E-state index in [1.54, 1.807) is 12.1 Å². The van der Waals surface area contributed by atoms with E-state index in [4.69, 9.17) is 10.4 Å². The zero-order chi connectivity index (χ0) is 19.6. The Hall–Kier alpha value is -2.69. The van der Waals surface area contributed by atoms with E-state index in [9.17, 15) is 8.78 Å². The monoisotopic (exact) mass is 396 g/mol. The Labute approximate surface area is 158 Å². The number of rotatable bonds is 6. The topological polar surface area (TPSA) is 105 Å². The van der Waals surface area contributed by atoms with Crippen molar-refractivity contribution >= 4 is 11.8 Å². The van der Waals surface area contributed by atoms with E-state index in [-0.39, 0.29) is 11.2 Å². The molecule has 0 aliphatic rings. The van der Waals surface area contributed by atoms with Gasteiger partial charge in [0.1, 0.15) is 5.75 Å². The van der Waals surface area contributed by atoms with Crippen LogP contribution in [0.5, 0.6) is 5.75 Å². The lowest BCUT2D eigenvalue weighted by Gasteiger charge is -2.10. The Morgan fingerprint density at radius 2 is 1.93 bits per heavy atom. The first-order chi connectivity index (χ1) is 12.7. The summed E-state index contributed by atoms with van der Waals surface area (Å²) < 4.78 is 35.3. The number of hydrogen-bond donors (Lipinski definition) is 1. The van der Waals surface area contributed by atoms with Crippen molar-refractivity contribution in [1.29, 1.82) is 0 Å². The van der Waals surface area contributed by atoms with E-state index in [0.29, 0.717) is 34.0 Å². The van der Waals surface area contributed by atoms with Gasteiger partial charge in [-0.1, -0.05) is 37.7 Å². The molecule has 0 fully saturated rings. The van der Waals surface area contributed by atoms with Crippen LogP contribution in [0.4, 0.5) is 8.78 Å². The van der Waals surface area contributed by atoms with Crippen molar-refractivity contribution in [2.24, 2.45) is 0 Å². The van der Waals surface area contributed by atoms with Crippen molar-refractivity contribution in [3.8, 4) is 17.1 Å². The molecular formula is C16H18F2N6O2S. The first-order valence-electron chi connectivity index (χ1n) is 7.95. The second-order valence-corrected chi connectivity index (χ2v) is 7.57. The molecule has 3 aromatic rings. The van der Waals surface area contributed by atoms with E-state index >= 15 is 0 Å². The first-order valence-corrected chi connectivity index (χ1v) is 8.94. The summed E-state index contributed by atoms with van der Waals surface area (Å²) in [6.07, 6.45) is 0. The number of ether oxygens (including phenoxy) is 1. The molecule has 27 heavy (non-hydrogen) atoms. The van der Waals surface area contributed by atoms with E-state index in [0.717, 1.165) is 0 Å². The van der Waals surface area contributed by atoms with Gasteiger partial charge in [-0.25, -0.2) is 4.68 Å². The lowest BCUT2D eigenvalue weighted by molar-refractivity contribution is -0.0498. The minimum atomic E-state index is -2.87. The Bertz CT molecular complexity index is 905. The summed E-state index contributed by atoms with van der Waals surface area (Å²) in [5, 5.41) is 12.5. The predicted molar refractivity (Wildman–Crippen MR) is 94.8 cm³/mol. The molecule has 0 unspecified atom stereocenters. The van der Waals surface area contributed by atoms with E-state index in [1.807, 2.05) is 20.8 Å². The third-order valence-corrected chi connectivity index (χ3v) is 4.39. The van der Waals surface area contributed by atoms with Crippen molar-refractivity contribution in [2.75, 3.05) is 5.84 Å². The fraction of sp³-hybridized carbons (Fsp3) is 0.375. The summed E-state index contributed by atoms with van der Waals surface area (Å²) in [6, 6.07) is 5.98. The quantitative estimate of drug-likeness (QED) is 0.500. The van der Waals surface area contributed by atoms with Gasteiger partial charge in [0.2, 0.25) is 11.0 Å². The van der Waals surface area contributed by atoms with Crippen molar-refractivity contribution in [2.45, 2.75) is 43.7 Å². The zero-order valence-electron chi connectivity index (χ0n) is 14.9. The maximum Gasteiger partial charge on any atom is 0.387 e. The summed E-state index contributed by atoms with van der Waals surface area (Å²) in [4.78, 5) is 4.35. The van der Waals surface area contributed by atoms with Crippen LogP contribution in [0.2, 0.25) is 0 Å². The molecule has 0 bridgehead atoms. The van der Waals surface area contributed by atoms with Gasteiger partial charge in [0.15, 0.2) is 11.6 Å². The summed E-state index contributed by atoms with van der Waals surface area (Å²) >= 11 is 1.30. The zero-order valence-corrected chi connectivity index (χ0v) is 15.7. The van der Waals surface area contributed by atoms with Crippen LogP contribution in [0.15, 0.2) is 33.9 Å². The lowest BCUT2D eigenvalue weighted by atomic mass is 9.96. The predicted octanol–water partition coefficient (Wildman–Crippen LogP) is 3.23. The standard InChI is InChI=1S/C16H18F2N6O2S/c1-16(2,3)13-20-11(26-23-13)8-27-15-22-21-12(24(15)19)9-4-6-10(7-5-9)25-14(17)18/h4-7,14H,8,19H2,1-3H3. The Morgan fingerprint density at radius 1 is 1.22 bits per heavy atom. The van der Waals surface area contributed by atoms with Crippen LogP contribution in [-0.4, -0.2) is 31.6 Å². The van der Waals surface area contributed by atoms with Crippen LogP contribution in [0.25, 0.3) is 11.4 Å². The Kier molecular flexibility index (Phi) is 5.31. The minimum Gasteiger partial charge on any atom is -0.435 e. The van der Waals surface area contributed by atoms with Gasteiger partial charge < -0.3 is 15.1 Å². The number of nitrogens with zero attached hydrogens (tertiary/aromatic N) is 5. The highest BCUT2D eigenvalue weighted by atomic mass is 32.2. The van der Waals surface area contributed by atoms with Crippen LogP contribution in [-0.2, 0) is 11.2 Å². The fourth-order valence-corrected chi connectivity index (χ4v) is 2.80. The van der Waals surface area contributed by atoms with Crippen molar-refractivity contribution < 1.29 is 18.0 Å². The molecule has 0 aliphatic heterocycles. The van der Waals surface area contributed by atoms with Gasteiger partial charge in [0, 0.05) is 11.0 Å². The van der Waals surface area contributed by atoms with Crippen molar-refractivity contribution in [1.82, 2.24) is 25.0 Å². The molecule has 0 amide bonds. The highest BCUT2D eigenvalue weighted by molar-refractivity contribution is 7.98. The van der Waals surface area contributed by atoms with Crippen LogP contribution < -0.4 is 10.6 Å². The van der Waals surface area contributed by atoms with E-state index < -0.39 is 6.61 Å². The molecule has 2 aromatic heterocycles. The second-order valence-electron chi connectivity index (χ2n) is 6.63. The van der Waals surface area contributed by atoms with Gasteiger partial charge in [0.05, 0.1) is 5.75 Å². The van der Waals surface area contributed by atoms with Gasteiger partial charge >= 0.3 is 6.61 Å². The number of halogens is 2. The Morgan fingerprint density at radius 3 is 2.52 bits per heavy atom. The molecule has 144 valence electrons. The maximum atomic E-state index is 12.2. The van der Waals surface area contributed by atoms with Crippen molar-refractivity contribution in [3.05, 3.63) is 36.0 Å². The molecule has 2 heterocycles. The molecule has 2 N–H and O–H groups in total. The van der Waals surface area contributed by atoms with Gasteiger partial charge in [-0.2, -0.15) is 13.8 Å². The number of hydrogen-bond acceptors (Lipinski definition) is 8. The van der Waals surface area contributed by atoms with Crippen LogP contribution in [0.1, 0.15) is 32.5 Å². The molecule has 8 nitrogen and oxygen atoms in total. The average Bonchev–Trinajstić information content (AvgIpc) is 3.20. The van der Waals surface area contributed by atoms with Gasteiger partial charge in [-0.05, 0) is 24.3 Å². The number of benzene rings is 1. The fourth-order valence-electron chi connectivity index (χ4n) is 2.10. The van der Waals surface area contributed by atoms with E-state index in [2.05, 4.69) is 25.1 Å². The van der Waals surface area contributed by atoms with E-state index in [1.165, 1.54) is 28.6 Å². The largest absolute Gasteiger partial charge is 0.435 e. The molecule has 0 saturated carbocycles. The summed E-state index contributed by atoms with van der Waals surface area (Å²) in [6.45, 7) is 3.11. The molecular weight excluding hydrogens is 378 g/mol.